The fourth-order valence-electron chi connectivity index (χ4n) is 2.68. The van der Waals surface area contributed by atoms with E-state index < -0.39 is 0 Å². The van der Waals surface area contributed by atoms with E-state index in [0.29, 0.717) is 15.4 Å². The van der Waals surface area contributed by atoms with Crippen molar-refractivity contribution in [1.29, 1.82) is 0 Å². The Bertz CT molecular complexity index is 922. The molecule has 0 saturated heterocycles. The number of pyridine rings is 1. The van der Waals surface area contributed by atoms with Gasteiger partial charge in [0.2, 0.25) is 0 Å². The van der Waals surface area contributed by atoms with Gasteiger partial charge >= 0.3 is 0 Å². The minimum absolute atomic E-state index is 0.0192. The average molecular weight is 321 g/mol. The third kappa shape index (κ3) is 2.17. The van der Waals surface area contributed by atoms with Crippen molar-refractivity contribution in [2.45, 2.75) is 20.8 Å². The number of hydrogen-bond donors (Lipinski definition) is 1. The molecule has 1 N–H and O–H groups in total. The molecular weight excluding hydrogens is 307 g/mol. The van der Waals surface area contributed by atoms with Gasteiger partial charge in [-0.15, -0.1) is 0 Å². The fourth-order valence-corrected chi connectivity index (χ4v) is 3.17. The van der Waals surface area contributed by atoms with Gasteiger partial charge in [-0.2, -0.15) is 0 Å². The standard InChI is InChI=1S/C16H14Cl2N2O/c1-8-6-14(21)15-9(2)10(3)20(16(15)19-8)13-5-4-11(17)7-12(13)18/h4-7H,1-3H3,(H,19,21). The van der Waals surface area contributed by atoms with E-state index in [1.54, 1.807) is 18.2 Å². The number of aromatic amines is 1. The van der Waals surface area contributed by atoms with E-state index in [0.717, 1.165) is 28.3 Å². The summed E-state index contributed by atoms with van der Waals surface area (Å²) in [5, 5.41) is 1.83. The highest BCUT2D eigenvalue weighted by atomic mass is 35.5. The number of aryl methyl sites for hydroxylation is 2. The molecule has 3 nitrogen and oxygen atoms in total. The lowest BCUT2D eigenvalue weighted by atomic mass is 10.2. The van der Waals surface area contributed by atoms with Gasteiger partial charge in [0.05, 0.1) is 16.1 Å². The normalized spacial score (nSPS) is 11.3. The Balaban J connectivity index is 2.48. The van der Waals surface area contributed by atoms with Gasteiger partial charge in [0.15, 0.2) is 5.43 Å². The molecule has 0 bridgehead atoms. The van der Waals surface area contributed by atoms with Gasteiger partial charge in [0, 0.05) is 22.5 Å². The zero-order valence-electron chi connectivity index (χ0n) is 11.9. The van der Waals surface area contributed by atoms with E-state index in [9.17, 15) is 4.79 Å². The lowest BCUT2D eigenvalue weighted by molar-refractivity contribution is 1.01. The Morgan fingerprint density at radius 3 is 2.48 bits per heavy atom. The SMILES string of the molecule is Cc1cc(=O)c2c(C)c(C)n(-c3ccc(Cl)cc3Cl)c2[nH]1. The highest BCUT2D eigenvalue weighted by Gasteiger charge is 2.17. The molecule has 0 aliphatic heterocycles. The molecule has 0 saturated carbocycles. The quantitative estimate of drug-likeness (QED) is 0.701. The predicted molar refractivity (Wildman–Crippen MR) is 88.1 cm³/mol. The molecule has 2 heterocycles. The molecule has 0 radical (unpaired) electrons. The van der Waals surface area contributed by atoms with Crippen LogP contribution in [0.4, 0.5) is 0 Å². The van der Waals surface area contributed by atoms with Gasteiger partial charge in [-0.1, -0.05) is 23.2 Å². The molecule has 3 rings (SSSR count). The number of nitrogens with one attached hydrogen (secondary N) is 1. The summed E-state index contributed by atoms with van der Waals surface area (Å²) in [7, 11) is 0. The van der Waals surface area contributed by atoms with Crippen LogP contribution >= 0.6 is 23.2 Å². The first kappa shape index (κ1) is 14.2. The van der Waals surface area contributed by atoms with Gasteiger partial charge in [-0.3, -0.25) is 9.36 Å². The molecule has 3 aromatic rings. The minimum Gasteiger partial charge on any atom is -0.344 e. The van der Waals surface area contributed by atoms with E-state index >= 15 is 0 Å². The van der Waals surface area contributed by atoms with E-state index in [1.165, 1.54) is 0 Å². The molecule has 0 fully saturated rings. The lowest BCUT2D eigenvalue weighted by Gasteiger charge is -2.11. The zero-order valence-corrected chi connectivity index (χ0v) is 13.4. The number of halogens is 2. The van der Waals surface area contributed by atoms with Crippen molar-refractivity contribution in [2.75, 3.05) is 0 Å². The van der Waals surface area contributed by atoms with Crippen molar-refractivity contribution >= 4 is 34.2 Å². The number of benzene rings is 1. The topological polar surface area (TPSA) is 37.8 Å². The molecule has 0 unspecified atom stereocenters. The van der Waals surface area contributed by atoms with Crippen molar-refractivity contribution in [3.63, 3.8) is 0 Å². The van der Waals surface area contributed by atoms with Crippen LogP contribution < -0.4 is 5.43 Å². The second-order valence-corrected chi connectivity index (χ2v) is 6.03. The molecule has 108 valence electrons. The number of fused-ring (bicyclic) bond motifs is 1. The average Bonchev–Trinajstić information content (AvgIpc) is 2.63. The number of hydrogen-bond acceptors (Lipinski definition) is 1. The first-order chi connectivity index (χ1) is 9.90. The third-order valence-electron chi connectivity index (χ3n) is 3.77. The predicted octanol–water partition coefficient (Wildman–Crippen LogP) is 4.55. The van der Waals surface area contributed by atoms with Crippen LogP contribution in [0.3, 0.4) is 0 Å². The summed E-state index contributed by atoms with van der Waals surface area (Å²) in [5.41, 5.74) is 4.34. The Hall–Kier alpha value is -1.71. The fraction of sp³-hybridized carbons (Fsp3) is 0.188. The minimum atomic E-state index is 0.0192. The molecule has 1 aromatic carbocycles. The van der Waals surface area contributed by atoms with Crippen LogP contribution in [0.5, 0.6) is 0 Å². The molecule has 0 atom stereocenters. The van der Waals surface area contributed by atoms with Crippen molar-refractivity contribution in [3.8, 4) is 5.69 Å². The summed E-state index contributed by atoms with van der Waals surface area (Å²) in [4.78, 5) is 15.5. The van der Waals surface area contributed by atoms with Crippen LogP contribution in [0.25, 0.3) is 16.7 Å². The maximum Gasteiger partial charge on any atom is 0.191 e. The second-order valence-electron chi connectivity index (χ2n) is 5.18. The monoisotopic (exact) mass is 320 g/mol. The number of H-pyrrole nitrogens is 1. The first-order valence-corrected chi connectivity index (χ1v) is 7.32. The molecule has 5 heteroatoms. The molecule has 0 spiro atoms. The van der Waals surface area contributed by atoms with E-state index in [1.807, 2.05) is 31.4 Å². The number of rotatable bonds is 1. The van der Waals surface area contributed by atoms with Crippen molar-refractivity contribution < 1.29 is 0 Å². The maximum absolute atomic E-state index is 12.3. The molecule has 0 aliphatic carbocycles. The van der Waals surface area contributed by atoms with Gasteiger partial charge in [-0.25, -0.2) is 0 Å². The summed E-state index contributed by atoms with van der Waals surface area (Å²) in [6, 6.07) is 6.96. The van der Waals surface area contributed by atoms with E-state index in [4.69, 9.17) is 23.2 Å². The van der Waals surface area contributed by atoms with Crippen molar-refractivity contribution in [3.05, 3.63) is 61.5 Å². The highest BCUT2D eigenvalue weighted by molar-refractivity contribution is 6.35. The third-order valence-corrected chi connectivity index (χ3v) is 4.31. The summed E-state index contributed by atoms with van der Waals surface area (Å²) in [6.45, 7) is 5.79. The first-order valence-electron chi connectivity index (χ1n) is 6.57. The van der Waals surface area contributed by atoms with Crippen molar-refractivity contribution in [2.24, 2.45) is 0 Å². The van der Waals surface area contributed by atoms with Gasteiger partial charge in [0.1, 0.15) is 5.65 Å². The largest absolute Gasteiger partial charge is 0.344 e. The van der Waals surface area contributed by atoms with Crippen LogP contribution in [0.2, 0.25) is 10.0 Å². The summed E-state index contributed by atoms with van der Waals surface area (Å²) in [5.74, 6) is 0. The van der Waals surface area contributed by atoms with Crippen LogP contribution in [0, 0.1) is 20.8 Å². The van der Waals surface area contributed by atoms with Gasteiger partial charge in [0.25, 0.3) is 0 Å². The molecular formula is C16H14Cl2N2O. The summed E-state index contributed by atoms with van der Waals surface area (Å²) >= 11 is 12.3. The summed E-state index contributed by atoms with van der Waals surface area (Å²) in [6.07, 6.45) is 0. The van der Waals surface area contributed by atoms with Crippen LogP contribution in [-0.2, 0) is 0 Å². The maximum atomic E-state index is 12.3. The molecule has 21 heavy (non-hydrogen) atoms. The second kappa shape index (κ2) is 4.93. The smallest absolute Gasteiger partial charge is 0.191 e. The molecule has 2 aromatic heterocycles. The molecule has 0 amide bonds. The Morgan fingerprint density at radius 1 is 1.10 bits per heavy atom. The lowest BCUT2D eigenvalue weighted by Crippen LogP contribution is -2.05. The van der Waals surface area contributed by atoms with Gasteiger partial charge in [-0.05, 0) is 44.5 Å². The highest BCUT2D eigenvalue weighted by Crippen LogP contribution is 2.31. The summed E-state index contributed by atoms with van der Waals surface area (Å²) < 4.78 is 1.97. The van der Waals surface area contributed by atoms with E-state index in [2.05, 4.69) is 4.98 Å². The number of aromatic nitrogens is 2. The van der Waals surface area contributed by atoms with E-state index in [-0.39, 0.29) is 5.43 Å². The van der Waals surface area contributed by atoms with Crippen molar-refractivity contribution in [1.82, 2.24) is 9.55 Å². The van der Waals surface area contributed by atoms with Crippen LogP contribution in [0.1, 0.15) is 17.0 Å². The molecule has 0 aliphatic rings. The Morgan fingerprint density at radius 2 is 1.81 bits per heavy atom. The Kier molecular flexibility index (Phi) is 3.34. The van der Waals surface area contributed by atoms with Gasteiger partial charge < -0.3 is 4.98 Å². The van der Waals surface area contributed by atoms with Crippen LogP contribution in [0.15, 0.2) is 29.1 Å². The number of nitrogens with zero attached hydrogens (tertiary/aromatic N) is 1. The Labute approximate surface area is 132 Å². The van der Waals surface area contributed by atoms with Crippen LogP contribution in [-0.4, -0.2) is 9.55 Å². The zero-order chi connectivity index (χ0) is 15.3.